The molecule has 0 aliphatic rings. The second-order valence-corrected chi connectivity index (χ2v) is 10.9. The number of benzene rings is 6. The number of aromatic nitrogens is 1. The van der Waals surface area contributed by atoms with E-state index >= 15 is 0 Å². The molecule has 208 valence electrons. The fraction of sp³-hybridized carbons (Fsp3) is 0.0500. The molecule has 0 saturated heterocycles. The maximum absolute atomic E-state index is 13.7. The Labute approximate surface area is 251 Å². The summed E-state index contributed by atoms with van der Waals surface area (Å²) < 4.78 is 15.9. The van der Waals surface area contributed by atoms with Gasteiger partial charge in [-0.1, -0.05) is 103 Å². The zero-order chi connectivity index (χ0) is 29.3. The van der Waals surface area contributed by atoms with Crippen molar-refractivity contribution in [3.63, 3.8) is 0 Å². The van der Waals surface area contributed by atoms with Crippen molar-refractivity contribution in [2.45, 2.75) is 0 Å². The van der Waals surface area contributed by atoms with Crippen LogP contribution in [0.3, 0.4) is 0 Å². The van der Waals surface area contributed by atoms with Crippen molar-refractivity contribution in [2.75, 3.05) is 11.9 Å². The maximum atomic E-state index is 13.7. The smallest absolute Gasteiger partial charge is 0.123 e. The molecular formula is C40H31FN2. The molecule has 0 spiro atoms. The number of nitrogens with zero attached hydrogens (tertiary/aromatic N) is 2. The van der Waals surface area contributed by atoms with Crippen LogP contribution in [-0.2, 0) is 7.05 Å². The van der Waals surface area contributed by atoms with Gasteiger partial charge >= 0.3 is 0 Å². The highest BCUT2D eigenvalue weighted by Gasteiger charge is 2.19. The van der Waals surface area contributed by atoms with Crippen LogP contribution in [-0.4, -0.2) is 11.6 Å². The van der Waals surface area contributed by atoms with Crippen LogP contribution in [0.4, 0.5) is 15.8 Å². The van der Waals surface area contributed by atoms with Gasteiger partial charge in [0.1, 0.15) is 5.82 Å². The molecule has 0 atom stereocenters. The molecule has 6 aromatic carbocycles. The third-order valence-corrected chi connectivity index (χ3v) is 8.33. The summed E-state index contributed by atoms with van der Waals surface area (Å²) in [6.45, 7) is 0. The molecule has 0 amide bonds. The Morgan fingerprint density at radius 1 is 0.488 bits per heavy atom. The molecule has 7 rings (SSSR count). The van der Waals surface area contributed by atoms with Crippen LogP contribution in [0.15, 0.2) is 152 Å². The van der Waals surface area contributed by atoms with Crippen molar-refractivity contribution < 1.29 is 4.39 Å². The molecule has 1 aromatic heterocycles. The zero-order valence-electron chi connectivity index (χ0n) is 24.2. The molecule has 7 aromatic rings. The average Bonchev–Trinajstić information content (AvgIpc) is 3.37. The topological polar surface area (TPSA) is 8.17 Å². The Morgan fingerprint density at radius 2 is 0.953 bits per heavy atom. The summed E-state index contributed by atoms with van der Waals surface area (Å²) in [7, 11) is 4.24. The lowest BCUT2D eigenvalue weighted by atomic mass is 9.96. The highest BCUT2D eigenvalue weighted by molar-refractivity contribution is 6.06. The van der Waals surface area contributed by atoms with E-state index < -0.39 is 0 Å². The molecule has 0 aliphatic heterocycles. The Hall–Kier alpha value is -5.41. The van der Waals surface area contributed by atoms with Crippen molar-refractivity contribution >= 4 is 22.3 Å². The van der Waals surface area contributed by atoms with Crippen LogP contribution >= 0.6 is 0 Å². The molecule has 0 fully saturated rings. The van der Waals surface area contributed by atoms with Gasteiger partial charge in [-0.25, -0.2) is 4.39 Å². The van der Waals surface area contributed by atoms with Crippen molar-refractivity contribution in [1.29, 1.82) is 0 Å². The third kappa shape index (κ3) is 5.00. The average molecular weight is 559 g/mol. The monoisotopic (exact) mass is 558 g/mol. The van der Waals surface area contributed by atoms with Crippen LogP contribution in [0.5, 0.6) is 0 Å². The van der Waals surface area contributed by atoms with Crippen molar-refractivity contribution in [3.05, 3.63) is 157 Å². The van der Waals surface area contributed by atoms with Crippen LogP contribution in [0.25, 0.3) is 55.5 Å². The molecule has 2 nitrogen and oxygen atoms in total. The third-order valence-electron chi connectivity index (χ3n) is 8.33. The first kappa shape index (κ1) is 26.5. The standard InChI is InChI=1S/C40H31FN2/c1-42(35-22-15-29(16-23-35)28-9-5-3-6-10-28)36-24-17-31(18-25-36)39-37-27-33(30-13-20-34(41)21-14-30)19-26-38(37)43(2)40(39)32-11-7-4-8-12-32/h3-27H,1-2H3. The van der Waals surface area contributed by atoms with Crippen molar-refractivity contribution in [1.82, 2.24) is 4.57 Å². The minimum Gasteiger partial charge on any atom is -0.345 e. The summed E-state index contributed by atoms with van der Waals surface area (Å²) in [5.74, 6) is -0.228. The van der Waals surface area contributed by atoms with E-state index in [0.717, 1.165) is 33.6 Å². The first-order valence-corrected chi connectivity index (χ1v) is 14.5. The molecular weight excluding hydrogens is 527 g/mol. The molecule has 1 heterocycles. The minimum atomic E-state index is -0.228. The van der Waals surface area contributed by atoms with E-state index in [9.17, 15) is 4.39 Å². The lowest BCUT2D eigenvalue weighted by Gasteiger charge is -2.20. The van der Waals surface area contributed by atoms with E-state index in [0.29, 0.717) is 0 Å². The van der Waals surface area contributed by atoms with Crippen molar-refractivity contribution in [2.24, 2.45) is 7.05 Å². The predicted molar refractivity (Wildman–Crippen MR) is 179 cm³/mol. The number of anilines is 2. The van der Waals surface area contributed by atoms with Gasteiger partial charge in [0.2, 0.25) is 0 Å². The van der Waals surface area contributed by atoms with E-state index in [1.807, 2.05) is 18.2 Å². The summed E-state index contributed by atoms with van der Waals surface area (Å²) in [6.07, 6.45) is 0. The molecule has 0 N–H and O–H groups in total. The van der Waals surface area contributed by atoms with E-state index in [1.165, 1.54) is 45.5 Å². The van der Waals surface area contributed by atoms with Gasteiger partial charge in [0.25, 0.3) is 0 Å². The number of hydrogen-bond acceptors (Lipinski definition) is 1. The van der Waals surface area contributed by atoms with Crippen LogP contribution < -0.4 is 4.90 Å². The Bertz CT molecular complexity index is 2010. The number of hydrogen-bond donors (Lipinski definition) is 0. The minimum absolute atomic E-state index is 0.228. The normalized spacial score (nSPS) is 11.1. The summed E-state index contributed by atoms with van der Waals surface area (Å²) >= 11 is 0. The van der Waals surface area contributed by atoms with Gasteiger partial charge in [0.05, 0.1) is 5.69 Å². The van der Waals surface area contributed by atoms with E-state index in [-0.39, 0.29) is 5.82 Å². The first-order valence-electron chi connectivity index (χ1n) is 14.5. The number of halogens is 1. The van der Waals surface area contributed by atoms with Gasteiger partial charge in [0, 0.05) is 41.9 Å². The van der Waals surface area contributed by atoms with Gasteiger partial charge in [-0.05, 0) is 81.9 Å². The summed E-state index contributed by atoms with van der Waals surface area (Å²) in [6, 6.07) is 51.8. The predicted octanol–water partition coefficient (Wildman–Crippen LogP) is 10.8. The number of fused-ring (bicyclic) bond motifs is 1. The Morgan fingerprint density at radius 3 is 1.56 bits per heavy atom. The number of rotatable bonds is 6. The van der Waals surface area contributed by atoms with Gasteiger partial charge in [-0.3, -0.25) is 0 Å². The molecule has 3 heteroatoms. The fourth-order valence-electron chi connectivity index (χ4n) is 6.00. The molecule has 0 aliphatic carbocycles. The lowest BCUT2D eigenvalue weighted by Crippen LogP contribution is -2.09. The fourth-order valence-corrected chi connectivity index (χ4v) is 6.00. The van der Waals surface area contributed by atoms with Gasteiger partial charge in [0.15, 0.2) is 0 Å². The lowest BCUT2D eigenvalue weighted by molar-refractivity contribution is 0.628. The molecule has 0 unspecified atom stereocenters. The highest BCUT2D eigenvalue weighted by atomic mass is 19.1. The summed E-state index contributed by atoms with van der Waals surface area (Å²) in [4.78, 5) is 2.21. The quantitative estimate of drug-likeness (QED) is 0.197. The zero-order valence-corrected chi connectivity index (χ0v) is 24.2. The second-order valence-electron chi connectivity index (χ2n) is 10.9. The van der Waals surface area contributed by atoms with E-state index in [1.54, 1.807) is 0 Å². The first-order chi connectivity index (χ1) is 21.1. The SMILES string of the molecule is CN(c1ccc(-c2ccccc2)cc1)c1ccc(-c2c(-c3ccccc3)n(C)c3ccc(-c4ccc(F)cc4)cc23)cc1. The van der Waals surface area contributed by atoms with Gasteiger partial charge in [-0.15, -0.1) is 0 Å². The Balaban J connectivity index is 1.29. The molecule has 43 heavy (non-hydrogen) atoms. The van der Waals surface area contributed by atoms with E-state index in [4.69, 9.17) is 0 Å². The van der Waals surface area contributed by atoms with E-state index in [2.05, 4.69) is 145 Å². The molecule has 0 saturated carbocycles. The second kappa shape index (κ2) is 11.1. The van der Waals surface area contributed by atoms with Crippen LogP contribution in [0, 0.1) is 5.82 Å². The molecule has 0 bridgehead atoms. The van der Waals surface area contributed by atoms with Crippen LogP contribution in [0.1, 0.15) is 0 Å². The summed E-state index contributed by atoms with van der Waals surface area (Å²) in [5, 5.41) is 1.17. The van der Waals surface area contributed by atoms with Gasteiger partial charge in [-0.2, -0.15) is 0 Å². The van der Waals surface area contributed by atoms with Gasteiger partial charge < -0.3 is 9.47 Å². The maximum Gasteiger partial charge on any atom is 0.123 e. The van der Waals surface area contributed by atoms with Crippen molar-refractivity contribution in [3.8, 4) is 44.6 Å². The van der Waals surface area contributed by atoms with Crippen LogP contribution in [0.2, 0.25) is 0 Å². The highest BCUT2D eigenvalue weighted by Crippen LogP contribution is 2.42. The number of aryl methyl sites for hydroxylation is 1. The largest absolute Gasteiger partial charge is 0.345 e. The molecule has 0 radical (unpaired) electrons. The Kier molecular flexibility index (Phi) is 6.84. The summed E-state index contributed by atoms with van der Waals surface area (Å²) in [5.41, 5.74) is 12.6.